The Balaban J connectivity index is 1.41. The van der Waals surface area contributed by atoms with E-state index >= 15 is 0 Å². The van der Waals surface area contributed by atoms with Crippen LogP contribution in [0.5, 0.6) is 0 Å². The third kappa shape index (κ3) is 3.92. The predicted octanol–water partition coefficient (Wildman–Crippen LogP) is 5.46. The van der Waals surface area contributed by atoms with Crippen LogP contribution in [0.15, 0.2) is 73.2 Å². The zero-order valence-electron chi connectivity index (χ0n) is 18.0. The molecule has 0 amide bonds. The van der Waals surface area contributed by atoms with Gasteiger partial charge in [-0.3, -0.25) is 19.6 Å². The van der Waals surface area contributed by atoms with Gasteiger partial charge in [-0.25, -0.2) is 9.97 Å². The normalized spacial score (nSPS) is 11.0. The van der Waals surface area contributed by atoms with E-state index in [4.69, 9.17) is 10.4 Å². The highest BCUT2D eigenvalue weighted by Crippen LogP contribution is 2.32. The monoisotopic (exact) mass is 452 g/mol. The number of pyridine rings is 2. The molecule has 4 aromatic heterocycles. The second kappa shape index (κ2) is 8.40. The van der Waals surface area contributed by atoms with Crippen LogP contribution in [0.1, 0.15) is 26.5 Å². The molecule has 33 heavy (non-hydrogen) atoms. The van der Waals surface area contributed by atoms with Crippen LogP contribution in [0.25, 0.3) is 17.0 Å². The second-order valence-electron chi connectivity index (χ2n) is 7.54. The van der Waals surface area contributed by atoms with Crippen LogP contribution in [0.4, 0.5) is 10.8 Å². The molecule has 0 aliphatic rings. The fraction of sp³-hybridized carbons (Fsp3) is 0.0800. The third-order valence-corrected chi connectivity index (χ3v) is 6.22. The van der Waals surface area contributed by atoms with Gasteiger partial charge in [0.25, 0.3) is 0 Å². The highest BCUT2D eigenvalue weighted by molar-refractivity contribution is 7.16. The number of carbonyl (C=O) groups excluding carboxylic acids is 1. The number of thiazole rings is 1. The Morgan fingerprint density at radius 1 is 1.06 bits per heavy atom. The van der Waals surface area contributed by atoms with Crippen LogP contribution in [-0.4, -0.2) is 30.8 Å². The number of imidazole rings is 1. The molecule has 0 saturated heterocycles. The number of fused-ring (bicyclic) bond motifs is 1. The summed E-state index contributed by atoms with van der Waals surface area (Å²) < 4.78 is 2.01. The number of benzene rings is 1. The number of hydrogen-bond donors (Lipinski definition) is 2. The molecule has 0 atom stereocenters. The average Bonchev–Trinajstić information content (AvgIpc) is 3.41. The lowest BCUT2D eigenvalue weighted by Crippen LogP contribution is -2.16. The van der Waals surface area contributed by atoms with E-state index in [0.717, 1.165) is 32.7 Å². The summed E-state index contributed by atoms with van der Waals surface area (Å²) >= 11 is 1.54. The van der Waals surface area contributed by atoms with Crippen molar-refractivity contribution in [2.24, 2.45) is 0 Å². The predicted molar refractivity (Wildman–Crippen MR) is 131 cm³/mol. The van der Waals surface area contributed by atoms with Gasteiger partial charge in [0.2, 0.25) is 5.78 Å². The van der Waals surface area contributed by atoms with E-state index in [2.05, 4.69) is 15.3 Å². The molecule has 0 radical (unpaired) electrons. The number of rotatable bonds is 6. The van der Waals surface area contributed by atoms with Crippen LogP contribution in [0.3, 0.4) is 0 Å². The number of nitrogens with zero attached hydrogens (tertiary/aromatic N) is 4. The van der Waals surface area contributed by atoms with Gasteiger partial charge in [-0.15, -0.1) is 11.3 Å². The number of carbonyl (C=O) groups is 1. The number of aryl methyl sites for hydroxylation is 2. The lowest BCUT2D eigenvalue weighted by Gasteiger charge is -2.08. The van der Waals surface area contributed by atoms with E-state index in [-0.39, 0.29) is 11.5 Å². The van der Waals surface area contributed by atoms with Gasteiger partial charge in [0.05, 0.1) is 11.9 Å². The molecule has 0 aliphatic carbocycles. The van der Waals surface area contributed by atoms with Crippen LogP contribution >= 0.6 is 11.3 Å². The Kier molecular flexibility index (Phi) is 5.27. The van der Waals surface area contributed by atoms with Crippen molar-refractivity contribution in [2.45, 2.75) is 13.8 Å². The smallest absolute Gasteiger partial charge is 0.211 e. The summed E-state index contributed by atoms with van der Waals surface area (Å²) in [6.07, 6.45) is 5.45. The van der Waals surface area contributed by atoms with Gasteiger partial charge in [-0.2, -0.15) is 0 Å². The van der Waals surface area contributed by atoms with Crippen molar-refractivity contribution < 1.29 is 4.79 Å². The molecule has 8 heteroatoms. The largest absolute Gasteiger partial charge is 0.332 e. The third-order valence-electron chi connectivity index (χ3n) is 5.34. The van der Waals surface area contributed by atoms with Crippen LogP contribution in [0.2, 0.25) is 0 Å². The number of aromatic nitrogens is 4. The van der Waals surface area contributed by atoms with Crippen molar-refractivity contribution >= 4 is 39.3 Å². The Morgan fingerprint density at radius 3 is 2.79 bits per heavy atom. The molecule has 0 fully saturated rings. The van der Waals surface area contributed by atoms with E-state index in [1.165, 1.54) is 11.3 Å². The highest BCUT2D eigenvalue weighted by Gasteiger charge is 2.18. The number of Topliss-reactive ketones (excluding diaryl/α,β-unsaturated/α-hetero) is 1. The molecule has 4 heterocycles. The van der Waals surface area contributed by atoms with E-state index in [1.807, 2.05) is 48.0 Å². The van der Waals surface area contributed by atoms with Gasteiger partial charge in [0, 0.05) is 39.8 Å². The average molecular weight is 453 g/mol. The fourth-order valence-electron chi connectivity index (χ4n) is 3.67. The standard InChI is InChI=1S/C25H20N6OS/c1-15-19(9-6-11-27-15)22(26)24(32)17-7-5-8-18(13-17)29-25-30-23(16(2)33-25)20-14-28-21-10-3-4-12-31(20)21/h3-14,26H,1-2H3,(H,29,30). The molecule has 2 N–H and O–H groups in total. The Labute approximate surface area is 194 Å². The van der Waals surface area contributed by atoms with Gasteiger partial charge >= 0.3 is 0 Å². The van der Waals surface area contributed by atoms with Gasteiger partial charge in [-0.05, 0) is 50.2 Å². The van der Waals surface area contributed by atoms with Crippen LogP contribution < -0.4 is 5.32 Å². The minimum Gasteiger partial charge on any atom is -0.332 e. The summed E-state index contributed by atoms with van der Waals surface area (Å²) in [4.78, 5) is 27.4. The molecule has 0 saturated carbocycles. The number of hydrogen-bond acceptors (Lipinski definition) is 7. The van der Waals surface area contributed by atoms with E-state index in [9.17, 15) is 4.79 Å². The summed E-state index contributed by atoms with van der Waals surface area (Å²) in [6, 6.07) is 16.5. The van der Waals surface area contributed by atoms with Gasteiger partial charge < -0.3 is 5.32 Å². The quantitative estimate of drug-likeness (QED) is 0.263. The van der Waals surface area contributed by atoms with Crippen molar-refractivity contribution in [2.75, 3.05) is 5.32 Å². The lowest BCUT2D eigenvalue weighted by molar-refractivity contribution is 0.106. The van der Waals surface area contributed by atoms with Crippen molar-refractivity contribution in [1.82, 2.24) is 19.4 Å². The van der Waals surface area contributed by atoms with Crippen molar-refractivity contribution in [3.63, 3.8) is 0 Å². The number of ketones is 1. The first-order valence-corrected chi connectivity index (χ1v) is 11.1. The first kappa shape index (κ1) is 20.7. The van der Waals surface area contributed by atoms with Gasteiger partial charge in [0.15, 0.2) is 5.13 Å². The first-order chi connectivity index (χ1) is 16.0. The zero-order chi connectivity index (χ0) is 22.9. The molecule has 0 bridgehead atoms. The molecule has 0 unspecified atom stereocenters. The number of anilines is 2. The Hall–Kier alpha value is -4.17. The minimum atomic E-state index is -0.350. The Bertz CT molecular complexity index is 1520. The lowest BCUT2D eigenvalue weighted by atomic mass is 9.99. The van der Waals surface area contributed by atoms with Gasteiger partial charge in [-0.1, -0.05) is 18.2 Å². The van der Waals surface area contributed by atoms with Gasteiger partial charge in [0.1, 0.15) is 17.1 Å². The summed E-state index contributed by atoms with van der Waals surface area (Å²) in [5.74, 6) is -0.350. The van der Waals surface area contributed by atoms with Crippen molar-refractivity contribution in [3.8, 4) is 11.4 Å². The SMILES string of the molecule is Cc1ncccc1C(=N)C(=O)c1cccc(Nc2nc(-c3cnc4ccccn34)c(C)s2)c1. The molecule has 1 aromatic carbocycles. The van der Waals surface area contributed by atoms with E-state index in [1.54, 1.807) is 43.5 Å². The van der Waals surface area contributed by atoms with Crippen LogP contribution in [0, 0.1) is 19.3 Å². The maximum Gasteiger partial charge on any atom is 0.211 e. The second-order valence-corrected chi connectivity index (χ2v) is 8.75. The summed E-state index contributed by atoms with van der Waals surface area (Å²) in [7, 11) is 0. The number of nitrogens with one attached hydrogen (secondary N) is 2. The highest BCUT2D eigenvalue weighted by atomic mass is 32.1. The fourth-order valence-corrected chi connectivity index (χ4v) is 4.51. The molecule has 162 valence electrons. The van der Waals surface area contributed by atoms with Crippen LogP contribution in [-0.2, 0) is 0 Å². The zero-order valence-corrected chi connectivity index (χ0v) is 18.9. The molecular formula is C25H20N6OS. The molecule has 5 aromatic rings. The minimum absolute atomic E-state index is 0.0715. The van der Waals surface area contributed by atoms with Crippen molar-refractivity contribution in [3.05, 3.63) is 94.9 Å². The van der Waals surface area contributed by atoms with E-state index in [0.29, 0.717) is 16.8 Å². The Morgan fingerprint density at radius 2 is 1.94 bits per heavy atom. The van der Waals surface area contributed by atoms with E-state index < -0.39 is 0 Å². The summed E-state index contributed by atoms with van der Waals surface area (Å²) in [5, 5.41) is 12.4. The first-order valence-electron chi connectivity index (χ1n) is 10.3. The topological polar surface area (TPSA) is 96.0 Å². The molecule has 7 nitrogen and oxygen atoms in total. The molecule has 0 spiro atoms. The molecule has 5 rings (SSSR count). The maximum atomic E-state index is 12.9. The van der Waals surface area contributed by atoms with Crippen molar-refractivity contribution in [1.29, 1.82) is 5.41 Å². The molecular weight excluding hydrogens is 432 g/mol. The summed E-state index contributed by atoms with van der Waals surface area (Å²) in [6.45, 7) is 3.82. The maximum absolute atomic E-state index is 12.9. The molecule has 0 aliphatic heterocycles. The summed E-state index contributed by atoms with van der Waals surface area (Å²) in [5.41, 5.74) is 4.94.